The van der Waals surface area contributed by atoms with Crippen molar-refractivity contribution < 1.29 is 14.7 Å². The van der Waals surface area contributed by atoms with Crippen LogP contribution in [0.5, 0.6) is 0 Å². The fraction of sp³-hybridized carbons (Fsp3) is 0.778. The predicted octanol–water partition coefficient (Wildman–Crippen LogP) is -0.0330. The van der Waals surface area contributed by atoms with Gasteiger partial charge < -0.3 is 15.7 Å². The Morgan fingerprint density at radius 2 is 1.86 bits per heavy atom. The molecule has 3 N–H and O–H groups in total. The monoisotopic (exact) mass is 202 g/mol. The third kappa shape index (κ3) is 8.99. The normalized spacial score (nSPS) is 9.79. The number of amides is 1. The average Bonchev–Trinajstić information content (AvgIpc) is 2.15. The minimum atomic E-state index is -0.754. The molecule has 0 unspecified atom stereocenters. The van der Waals surface area contributed by atoms with Crippen LogP contribution < -0.4 is 10.6 Å². The van der Waals surface area contributed by atoms with Gasteiger partial charge in [0.2, 0.25) is 5.91 Å². The van der Waals surface area contributed by atoms with Crippen molar-refractivity contribution >= 4 is 11.9 Å². The van der Waals surface area contributed by atoms with E-state index < -0.39 is 5.97 Å². The number of hydrogen-bond acceptors (Lipinski definition) is 3. The van der Waals surface area contributed by atoms with Crippen molar-refractivity contribution in [2.45, 2.75) is 25.7 Å². The molecule has 5 nitrogen and oxygen atoms in total. The third-order valence-electron chi connectivity index (χ3n) is 1.80. The highest BCUT2D eigenvalue weighted by Gasteiger charge is 1.97. The summed E-state index contributed by atoms with van der Waals surface area (Å²) in [7, 11) is 1.61. The van der Waals surface area contributed by atoms with Gasteiger partial charge in [-0.05, 0) is 19.4 Å². The lowest BCUT2D eigenvalue weighted by atomic mass is 10.2. The summed E-state index contributed by atoms with van der Waals surface area (Å²) in [5, 5.41) is 13.9. The highest BCUT2D eigenvalue weighted by Crippen LogP contribution is 1.93. The lowest BCUT2D eigenvalue weighted by Crippen LogP contribution is -2.25. The fourth-order valence-electron chi connectivity index (χ4n) is 0.978. The summed E-state index contributed by atoms with van der Waals surface area (Å²) < 4.78 is 0. The van der Waals surface area contributed by atoms with Gasteiger partial charge in [-0.3, -0.25) is 9.59 Å². The van der Waals surface area contributed by atoms with Crippen molar-refractivity contribution in [3.8, 4) is 0 Å². The molecule has 82 valence electrons. The van der Waals surface area contributed by atoms with Crippen LogP contribution in [-0.4, -0.2) is 37.1 Å². The molecule has 0 bridgehead atoms. The van der Waals surface area contributed by atoms with E-state index in [1.54, 1.807) is 7.05 Å². The molecule has 0 saturated carbocycles. The molecule has 0 aliphatic heterocycles. The summed E-state index contributed by atoms with van der Waals surface area (Å²) in [6.45, 7) is 1.41. The van der Waals surface area contributed by atoms with Crippen LogP contribution in [-0.2, 0) is 9.59 Å². The molecule has 0 rings (SSSR count). The topological polar surface area (TPSA) is 78.4 Å². The molecule has 5 heteroatoms. The molecule has 0 spiro atoms. The number of rotatable bonds is 8. The second kappa shape index (κ2) is 8.50. The van der Waals surface area contributed by atoms with Gasteiger partial charge in [-0.1, -0.05) is 0 Å². The van der Waals surface area contributed by atoms with Crippen molar-refractivity contribution in [3.63, 3.8) is 0 Å². The summed E-state index contributed by atoms with van der Waals surface area (Å²) in [6, 6.07) is 0. The van der Waals surface area contributed by atoms with Crippen LogP contribution in [0.1, 0.15) is 25.7 Å². The van der Waals surface area contributed by atoms with Gasteiger partial charge in [-0.25, -0.2) is 0 Å². The zero-order valence-electron chi connectivity index (χ0n) is 8.51. The van der Waals surface area contributed by atoms with Crippen LogP contribution in [0, 0.1) is 0 Å². The second-order valence-corrected chi connectivity index (χ2v) is 3.02. The maximum Gasteiger partial charge on any atom is 0.303 e. The minimum absolute atomic E-state index is 0.0167. The number of unbranched alkanes of at least 4 members (excludes halogenated alkanes) is 1. The maximum atomic E-state index is 10.8. The number of carbonyl (C=O) groups is 2. The first kappa shape index (κ1) is 12.9. The average molecular weight is 202 g/mol. The van der Waals surface area contributed by atoms with E-state index in [1.165, 1.54) is 0 Å². The number of carbonyl (C=O) groups excluding carboxylic acids is 1. The second-order valence-electron chi connectivity index (χ2n) is 3.02. The Kier molecular flexibility index (Phi) is 7.83. The summed E-state index contributed by atoms with van der Waals surface area (Å²) in [4.78, 5) is 20.9. The van der Waals surface area contributed by atoms with Crippen molar-refractivity contribution in [1.82, 2.24) is 10.6 Å². The lowest BCUT2D eigenvalue weighted by molar-refractivity contribution is -0.137. The van der Waals surface area contributed by atoms with Crippen molar-refractivity contribution in [2.75, 3.05) is 20.1 Å². The van der Waals surface area contributed by atoms with E-state index >= 15 is 0 Å². The van der Waals surface area contributed by atoms with Gasteiger partial charge in [0.15, 0.2) is 0 Å². The number of carboxylic acids is 1. The van der Waals surface area contributed by atoms with Crippen LogP contribution in [0.25, 0.3) is 0 Å². The smallest absolute Gasteiger partial charge is 0.303 e. The highest BCUT2D eigenvalue weighted by atomic mass is 16.4. The molecule has 0 heterocycles. The Morgan fingerprint density at radius 3 is 2.43 bits per heavy atom. The Labute approximate surface area is 83.9 Å². The quantitative estimate of drug-likeness (QED) is 0.483. The summed E-state index contributed by atoms with van der Waals surface area (Å²) in [5.41, 5.74) is 0. The van der Waals surface area contributed by atoms with Crippen LogP contribution in [0.3, 0.4) is 0 Å². The molecular formula is C9H18N2O3. The fourth-order valence-corrected chi connectivity index (χ4v) is 0.978. The summed E-state index contributed by atoms with van der Waals surface area (Å²) >= 11 is 0. The van der Waals surface area contributed by atoms with E-state index in [0.29, 0.717) is 19.4 Å². The van der Waals surface area contributed by atoms with E-state index in [2.05, 4.69) is 10.6 Å². The van der Waals surface area contributed by atoms with Gasteiger partial charge in [-0.2, -0.15) is 0 Å². The predicted molar refractivity (Wildman–Crippen MR) is 53.0 cm³/mol. The van der Waals surface area contributed by atoms with Crippen LogP contribution in [0.4, 0.5) is 0 Å². The standard InChI is InChI=1S/C9H18N2O3/c1-10-8(12)5-7-11-6-3-2-4-9(13)14/h11H,2-7H2,1H3,(H,10,12)(H,13,14). The first-order chi connectivity index (χ1) is 6.66. The molecule has 14 heavy (non-hydrogen) atoms. The van der Waals surface area contributed by atoms with Crippen LogP contribution in [0.15, 0.2) is 0 Å². The third-order valence-corrected chi connectivity index (χ3v) is 1.80. The molecule has 0 aliphatic rings. The van der Waals surface area contributed by atoms with E-state index in [0.717, 1.165) is 13.0 Å². The zero-order chi connectivity index (χ0) is 10.8. The molecule has 0 aliphatic carbocycles. The van der Waals surface area contributed by atoms with Gasteiger partial charge in [0.25, 0.3) is 0 Å². The molecule has 0 radical (unpaired) electrons. The molecule has 0 fully saturated rings. The first-order valence-electron chi connectivity index (χ1n) is 4.80. The molecular weight excluding hydrogens is 184 g/mol. The number of aliphatic carboxylic acids is 1. The molecule has 0 saturated heterocycles. The van der Waals surface area contributed by atoms with Crippen LogP contribution >= 0.6 is 0 Å². The Balaban J connectivity index is 3.06. The van der Waals surface area contributed by atoms with E-state index in [4.69, 9.17) is 5.11 Å². The van der Waals surface area contributed by atoms with Crippen LogP contribution in [0.2, 0.25) is 0 Å². The Hall–Kier alpha value is -1.10. The molecule has 0 atom stereocenters. The van der Waals surface area contributed by atoms with Gasteiger partial charge in [0, 0.05) is 26.4 Å². The Bertz CT molecular complexity index is 183. The van der Waals surface area contributed by atoms with Crippen molar-refractivity contribution in [1.29, 1.82) is 0 Å². The summed E-state index contributed by atoms with van der Waals surface area (Å²) in [5.74, 6) is -0.738. The zero-order valence-corrected chi connectivity index (χ0v) is 8.51. The van der Waals surface area contributed by atoms with E-state index in [9.17, 15) is 9.59 Å². The molecule has 0 aromatic heterocycles. The summed E-state index contributed by atoms with van der Waals surface area (Å²) in [6.07, 6.45) is 2.20. The maximum absolute atomic E-state index is 10.8. The molecule has 1 amide bonds. The number of nitrogens with one attached hydrogen (secondary N) is 2. The van der Waals surface area contributed by atoms with Gasteiger partial charge >= 0.3 is 5.97 Å². The Morgan fingerprint density at radius 1 is 1.14 bits per heavy atom. The number of carboxylic acid groups (broad SMARTS) is 1. The van der Waals surface area contributed by atoms with E-state index in [-0.39, 0.29) is 12.3 Å². The lowest BCUT2D eigenvalue weighted by Gasteiger charge is -2.02. The minimum Gasteiger partial charge on any atom is -0.481 e. The van der Waals surface area contributed by atoms with Gasteiger partial charge in [0.1, 0.15) is 0 Å². The van der Waals surface area contributed by atoms with E-state index in [1.807, 2.05) is 0 Å². The largest absolute Gasteiger partial charge is 0.481 e. The SMILES string of the molecule is CNC(=O)CCNCCCCC(=O)O. The molecule has 0 aromatic carbocycles. The first-order valence-corrected chi connectivity index (χ1v) is 4.80. The molecule has 0 aromatic rings. The van der Waals surface area contributed by atoms with Crippen molar-refractivity contribution in [2.24, 2.45) is 0 Å². The van der Waals surface area contributed by atoms with Crippen molar-refractivity contribution in [3.05, 3.63) is 0 Å². The van der Waals surface area contributed by atoms with Gasteiger partial charge in [0.05, 0.1) is 0 Å². The number of hydrogen-bond donors (Lipinski definition) is 3. The van der Waals surface area contributed by atoms with Gasteiger partial charge in [-0.15, -0.1) is 0 Å². The highest BCUT2D eigenvalue weighted by molar-refractivity contribution is 5.75.